The number of aromatic nitrogens is 1. The maximum Gasteiger partial charge on any atom is 0.513 e. The van der Waals surface area contributed by atoms with E-state index in [-0.39, 0.29) is 16.8 Å². The number of carbonyl (C=O) groups is 2. The summed E-state index contributed by atoms with van der Waals surface area (Å²) in [5.41, 5.74) is -0.457. The van der Waals surface area contributed by atoms with Crippen molar-refractivity contribution >= 4 is 47.6 Å². The van der Waals surface area contributed by atoms with Crippen LogP contribution in [0, 0.1) is 5.41 Å². The lowest BCUT2D eigenvalue weighted by molar-refractivity contribution is -0.137. The van der Waals surface area contributed by atoms with Crippen LogP contribution in [-0.4, -0.2) is 44.3 Å². The monoisotopic (exact) mass is 576 g/mol. The lowest BCUT2D eigenvalue weighted by Crippen LogP contribution is -2.48. The van der Waals surface area contributed by atoms with Crippen molar-refractivity contribution in [1.82, 2.24) is 10.3 Å². The smallest absolute Gasteiger partial charge is 0.457 e. The molecule has 0 aliphatic carbocycles. The first-order chi connectivity index (χ1) is 18.8. The molecule has 2 aromatic carbocycles. The molecule has 9 nitrogen and oxygen atoms in total. The fourth-order valence-electron chi connectivity index (χ4n) is 3.67. The average Bonchev–Trinajstić information content (AvgIpc) is 2.89. The van der Waals surface area contributed by atoms with E-state index < -0.39 is 35.8 Å². The van der Waals surface area contributed by atoms with E-state index in [0.717, 1.165) is 12.1 Å². The van der Waals surface area contributed by atoms with Crippen LogP contribution >= 0.6 is 11.6 Å². The van der Waals surface area contributed by atoms with Gasteiger partial charge in [0.2, 0.25) is 0 Å². The first kappa shape index (κ1) is 29.2. The fourth-order valence-corrected chi connectivity index (χ4v) is 3.89. The maximum atomic E-state index is 13.1. The molecule has 2 heterocycles. The number of benzene rings is 2. The number of halogens is 4. The van der Waals surface area contributed by atoms with Crippen molar-refractivity contribution in [2.45, 2.75) is 20.0 Å². The van der Waals surface area contributed by atoms with Crippen LogP contribution < -0.4 is 26.3 Å². The molecule has 0 atom stereocenters. The molecule has 1 fully saturated rings. The summed E-state index contributed by atoms with van der Waals surface area (Å²) >= 11 is 5.61. The number of nitrogens with zero attached hydrogens (tertiary/aromatic N) is 1. The van der Waals surface area contributed by atoms with Crippen molar-refractivity contribution in [2.24, 2.45) is 5.41 Å². The number of nitrogens with one attached hydrogen (secondary N) is 3. The third-order valence-electron chi connectivity index (χ3n) is 5.65. The molecule has 3 aromatic rings. The zero-order valence-electron chi connectivity index (χ0n) is 21.7. The largest absolute Gasteiger partial charge is 0.513 e. The summed E-state index contributed by atoms with van der Waals surface area (Å²) in [5.74, 6) is 0.267. The van der Waals surface area contributed by atoms with Crippen LogP contribution in [0.5, 0.6) is 11.5 Å². The second kappa shape index (κ2) is 11.7. The Balaban J connectivity index is 1.44. The Labute approximate surface area is 233 Å². The quantitative estimate of drug-likeness (QED) is 0.343. The van der Waals surface area contributed by atoms with Gasteiger partial charge in [-0.1, -0.05) is 25.4 Å². The van der Waals surface area contributed by atoms with Crippen molar-refractivity contribution in [3.63, 3.8) is 0 Å². The Bertz CT molecular complexity index is 1400. The number of anilines is 2. The van der Waals surface area contributed by atoms with Crippen LogP contribution in [0.1, 0.15) is 29.9 Å². The maximum absolute atomic E-state index is 13.1. The highest BCUT2D eigenvalue weighted by atomic mass is 35.5. The number of carbonyl (C=O) groups excluding carboxylic acids is 2. The van der Waals surface area contributed by atoms with E-state index in [1.807, 2.05) is 13.8 Å². The zero-order chi connectivity index (χ0) is 29.1. The third kappa shape index (κ3) is 7.43. The SMILES string of the molecule is CNC(=O)c1cc(Oc2ccc(NC(=O)Nc3ccc(Cl)c(C(F)(F)F)c3)cc2)cc(B2OCC(C)(C)CO2)n1. The summed E-state index contributed by atoms with van der Waals surface area (Å²) in [6.07, 6.45) is -4.66. The van der Waals surface area contributed by atoms with E-state index in [2.05, 4.69) is 20.9 Å². The second-order valence-corrected chi connectivity index (χ2v) is 10.1. The van der Waals surface area contributed by atoms with E-state index >= 15 is 0 Å². The number of urea groups is 1. The van der Waals surface area contributed by atoms with Crippen LogP contribution in [0.25, 0.3) is 0 Å². The van der Waals surface area contributed by atoms with Gasteiger partial charge < -0.3 is 30.0 Å². The van der Waals surface area contributed by atoms with Gasteiger partial charge in [-0.25, -0.2) is 4.79 Å². The lowest BCUT2D eigenvalue weighted by atomic mass is 9.79. The lowest BCUT2D eigenvalue weighted by Gasteiger charge is -2.32. The number of hydrogen-bond donors (Lipinski definition) is 3. The Morgan fingerprint density at radius 1 is 0.975 bits per heavy atom. The minimum atomic E-state index is -4.66. The Kier molecular flexibility index (Phi) is 8.57. The predicted molar refractivity (Wildman–Crippen MR) is 144 cm³/mol. The zero-order valence-corrected chi connectivity index (χ0v) is 22.4. The van der Waals surface area contributed by atoms with E-state index in [1.54, 1.807) is 18.2 Å². The topological polar surface area (TPSA) is 111 Å². The van der Waals surface area contributed by atoms with Crippen LogP contribution in [0.3, 0.4) is 0 Å². The second-order valence-electron chi connectivity index (χ2n) is 9.71. The van der Waals surface area contributed by atoms with Crippen molar-refractivity contribution in [1.29, 1.82) is 0 Å². The van der Waals surface area contributed by atoms with Gasteiger partial charge in [0.1, 0.15) is 17.2 Å². The Hall–Kier alpha value is -3.81. The van der Waals surface area contributed by atoms with Crippen molar-refractivity contribution in [3.05, 3.63) is 70.9 Å². The number of alkyl halides is 3. The number of amides is 3. The number of rotatable bonds is 6. The normalized spacial score (nSPS) is 14.8. The van der Waals surface area contributed by atoms with Gasteiger partial charge in [-0.2, -0.15) is 13.2 Å². The van der Waals surface area contributed by atoms with E-state index in [0.29, 0.717) is 36.0 Å². The summed E-state index contributed by atoms with van der Waals surface area (Å²) in [7, 11) is 0.718. The molecular weight excluding hydrogens is 552 g/mol. The standard InChI is InChI=1S/C26H25BClF3N4O5/c1-25(2)13-38-27(39-14-25)22-12-18(11-21(35-22)23(36)32-3)40-17-7-4-15(5-8-17)33-24(37)34-16-6-9-20(28)19(10-16)26(29,30)31/h4-12H,13-14H2,1-3H3,(H,32,36)(H2,33,34,37). The molecule has 0 radical (unpaired) electrons. The summed E-state index contributed by atoms with van der Waals surface area (Å²) in [6, 6.07) is 11.6. The highest BCUT2D eigenvalue weighted by Crippen LogP contribution is 2.36. The van der Waals surface area contributed by atoms with Gasteiger partial charge in [0.05, 0.1) is 16.2 Å². The molecule has 0 bridgehead atoms. The van der Waals surface area contributed by atoms with Gasteiger partial charge in [-0.3, -0.25) is 9.78 Å². The van der Waals surface area contributed by atoms with Gasteiger partial charge in [-0.15, -0.1) is 0 Å². The number of ether oxygens (including phenoxy) is 1. The molecule has 0 unspecified atom stereocenters. The van der Waals surface area contributed by atoms with Crippen LogP contribution in [0.2, 0.25) is 5.02 Å². The first-order valence-electron chi connectivity index (χ1n) is 12.0. The average molecular weight is 577 g/mol. The predicted octanol–water partition coefficient (Wildman–Crippen LogP) is 5.32. The van der Waals surface area contributed by atoms with Crippen molar-refractivity contribution < 1.29 is 36.8 Å². The van der Waals surface area contributed by atoms with Gasteiger partial charge >= 0.3 is 19.3 Å². The molecule has 3 amide bonds. The van der Waals surface area contributed by atoms with Crippen molar-refractivity contribution in [2.75, 3.05) is 30.9 Å². The van der Waals surface area contributed by atoms with Gasteiger partial charge in [0.15, 0.2) is 0 Å². The first-order valence-corrected chi connectivity index (χ1v) is 12.4. The highest BCUT2D eigenvalue weighted by molar-refractivity contribution is 6.60. The molecule has 1 saturated heterocycles. The van der Waals surface area contributed by atoms with Crippen LogP contribution in [0.15, 0.2) is 54.6 Å². The molecule has 1 aromatic heterocycles. The molecular formula is C26H25BClF3N4O5. The minimum absolute atomic E-state index is 0.0796. The summed E-state index contributed by atoms with van der Waals surface area (Å²) in [6.45, 7) is 4.91. The minimum Gasteiger partial charge on any atom is -0.457 e. The molecule has 210 valence electrons. The van der Waals surface area contributed by atoms with Gasteiger partial charge in [0, 0.05) is 43.1 Å². The van der Waals surface area contributed by atoms with Crippen LogP contribution in [-0.2, 0) is 15.5 Å². The molecule has 0 saturated carbocycles. The fraction of sp³-hybridized carbons (Fsp3) is 0.269. The van der Waals surface area contributed by atoms with Crippen molar-refractivity contribution in [3.8, 4) is 11.5 Å². The molecule has 0 spiro atoms. The summed E-state index contributed by atoms with van der Waals surface area (Å²) in [4.78, 5) is 29.0. The summed E-state index contributed by atoms with van der Waals surface area (Å²) in [5, 5.41) is 6.92. The molecule has 4 rings (SSSR count). The van der Waals surface area contributed by atoms with Crippen LogP contribution in [0.4, 0.5) is 29.3 Å². The third-order valence-corrected chi connectivity index (χ3v) is 5.98. The van der Waals surface area contributed by atoms with E-state index in [4.69, 9.17) is 25.6 Å². The molecule has 1 aliphatic heterocycles. The highest BCUT2D eigenvalue weighted by Gasteiger charge is 2.35. The molecule has 3 N–H and O–H groups in total. The number of hydrogen-bond acceptors (Lipinski definition) is 6. The van der Waals surface area contributed by atoms with Gasteiger partial charge in [-0.05, 0) is 48.5 Å². The molecule has 40 heavy (non-hydrogen) atoms. The molecule has 14 heteroatoms. The van der Waals surface area contributed by atoms with E-state index in [1.165, 1.54) is 31.3 Å². The Morgan fingerprint density at radius 2 is 1.60 bits per heavy atom. The van der Waals surface area contributed by atoms with Gasteiger partial charge in [0.25, 0.3) is 5.91 Å². The van der Waals surface area contributed by atoms with E-state index in [9.17, 15) is 22.8 Å². The summed E-state index contributed by atoms with van der Waals surface area (Å²) < 4.78 is 56.7. The molecule has 1 aliphatic rings. The Morgan fingerprint density at radius 3 is 2.23 bits per heavy atom. The number of pyridine rings is 1.